The first-order valence-corrected chi connectivity index (χ1v) is 11.4. The van der Waals surface area contributed by atoms with Crippen LogP contribution in [0, 0.1) is 0 Å². The minimum Gasteiger partial charge on any atom is -0.493 e. The van der Waals surface area contributed by atoms with E-state index in [1.807, 2.05) is 12.1 Å². The zero-order valence-electron chi connectivity index (χ0n) is 16.1. The van der Waals surface area contributed by atoms with Gasteiger partial charge < -0.3 is 4.74 Å². The molecule has 3 aromatic carbocycles. The molecule has 0 atom stereocenters. The molecule has 0 saturated heterocycles. The molecule has 0 fully saturated rings. The topological polar surface area (TPSA) is 9.23 Å². The Balaban J connectivity index is 2.07. The summed E-state index contributed by atoms with van der Waals surface area (Å²) >= 11 is 7.99. The van der Waals surface area contributed by atoms with Crippen LogP contribution in [-0.2, 0) is 0 Å². The van der Waals surface area contributed by atoms with Crippen LogP contribution < -0.4 is 4.74 Å². The zero-order chi connectivity index (χ0) is 19.6. The van der Waals surface area contributed by atoms with E-state index >= 15 is 0 Å². The van der Waals surface area contributed by atoms with Gasteiger partial charge in [0, 0.05) is 11.6 Å². The van der Waals surface area contributed by atoms with Crippen molar-refractivity contribution in [2.75, 3.05) is 24.5 Å². The van der Waals surface area contributed by atoms with E-state index < -0.39 is 0 Å². The minimum absolute atomic E-state index is 0.580. The number of allylic oxidation sites excluding steroid dienone is 1. The average molecular weight is 409 g/mol. The molecule has 28 heavy (non-hydrogen) atoms. The molecule has 0 unspecified atom stereocenters. The van der Waals surface area contributed by atoms with Gasteiger partial charge in [-0.05, 0) is 52.6 Å². The van der Waals surface area contributed by atoms with Gasteiger partial charge in [0.2, 0.25) is 0 Å². The lowest BCUT2D eigenvalue weighted by molar-refractivity contribution is 0.344. The largest absolute Gasteiger partial charge is 0.493 e. The fourth-order valence-electron chi connectivity index (χ4n) is 3.23. The molecule has 0 aliphatic heterocycles. The van der Waals surface area contributed by atoms with E-state index in [1.54, 1.807) is 11.8 Å². The number of ether oxygens (including phenoxy) is 1. The summed E-state index contributed by atoms with van der Waals surface area (Å²) in [5.41, 5.74) is 6.07. The molecule has 3 heteroatoms. The predicted octanol–water partition coefficient (Wildman–Crippen LogP) is 7.02. The van der Waals surface area contributed by atoms with E-state index in [1.165, 1.54) is 27.8 Å². The molecule has 144 valence electrons. The monoisotopic (exact) mass is 408 g/mol. The van der Waals surface area contributed by atoms with Crippen LogP contribution in [0.4, 0.5) is 0 Å². The molecule has 0 radical (unpaired) electrons. The fourth-order valence-corrected chi connectivity index (χ4v) is 3.67. The van der Waals surface area contributed by atoms with E-state index in [4.69, 9.17) is 16.3 Å². The Kier molecular flexibility index (Phi) is 8.07. The minimum atomic E-state index is 0.580. The Morgan fingerprint density at radius 3 is 1.93 bits per heavy atom. The maximum Gasteiger partial charge on any atom is 0.119 e. The van der Waals surface area contributed by atoms with E-state index in [2.05, 4.69) is 79.1 Å². The first-order chi connectivity index (χ1) is 13.8. The van der Waals surface area contributed by atoms with Crippen LogP contribution in [0.5, 0.6) is 5.75 Å². The molecule has 0 amide bonds. The van der Waals surface area contributed by atoms with Gasteiger partial charge in [0.1, 0.15) is 5.75 Å². The number of benzene rings is 3. The smallest absolute Gasteiger partial charge is 0.119 e. The molecular weight excluding hydrogens is 384 g/mol. The van der Waals surface area contributed by atoms with Crippen LogP contribution in [0.1, 0.15) is 23.1 Å². The van der Waals surface area contributed by atoms with Crippen LogP contribution in [-0.4, -0.2) is 24.5 Å². The van der Waals surface area contributed by atoms with Gasteiger partial charge in [-0.15, -0.1) is 11.6 Å². The highest BCUT2D eigenvalue weighted by Crippen LogP contribution is 2.35. The molecule has 0 aliphatic carbocycles. The van der Waals surface area contributed by atoms with Crippen LogP contribution >= 0.6 is 23.4 Å². The summed E-state index contributed by atoms with van der Waals surface area (Å²) in [6.45, 7) is 0.726. The van der Waals surface area contributed by atoms with Crippen molar-refractivity contribution in [3.05, 3.63) is 102 Å². The second kappa shape index (κ2) is 11.0. The van der Waals surface area contributed by atoms with Gasteiger partial charge in [-0.2, -0.15) is 11.8 Å². The van der Waals surface area contributed by atoms with Crippen molar-refractivity contribution in [3.8, 4) is 5.75 Å². The summed E-state index contributed by atoms with van der Waals surface area (Å²) in [5, 5.41) is 0. The first-order valence-electron chi connectivity index (χ1n) is 9.45. The predicted molar refractivity (Wildman–Crippen MR) is 124 cm³/mol. The molecule has 0 spiro atoms. The molecule has 0 heterocycles. The lowest BCUT2D eigenvalue weighted by Gasteiger charge is -2.17. The van der Waals surface area contributed by atoms with Gasteiger partial charge >= 0.3 is 0 Å². The Labute approximate surface area is 177 Å². The summed E-state index contributed by atoms with van der Waals surface area (Å²) in [5.74, 6) is 2.48. The molecule has 0 N–H and O–H groups in total. The second-order valence-corrected chi connectivity index (χ2v) is 7.75. The van der Waals surface area contributed by atoms with Crippen LogP contribution in [0.15, 0.2) is 84.9 Å². The average Bonchev–Trinajstić information content (AvgIpc) is 2.76. The van der Waals surface area contributed by atoms with Crippen LogP contribution in [0.3, 0.4) is 0 Å². The van der Waals surface area contributed by atoms with Gasteiger partial charge in [0.25, 0.3) is 0 Å². The van der Waals surface area contributed by atoms with Crippen molar-refractivity contribution < 1.29 is 4.74 Å². The van der Waals surface area contributed by atoms with E-state index in [9.17, 15) is 0 Å². The number of hydrogen-bond donors (Lipinski definition) is 0. The molecule has 0 aliphatic rings. The third-order valence-electron chi connectivity index (χ3n) is 4.53. The normalized spacial score (nSPS) is 11.8. The van der Waals surface area contributed by atoms with Crippen LogP contribution in [0.2, 0.25) is 0 Å². The highest BCUT2D eigenvalue weighted by atomic mass is 35.5. The lowest BCUT2D eigenvalue weighted by atomic mass is 9.88. The molecular formula is C25H25ClOS. The van der Waals surface area contributed by atoms with Crippen LogP contribution in [0.25, 0.3) is 11.1 Å². The van der Waals surface area contributed by atoms with Crippen molar-refractivity contribution in [2.45, 2.75) is 6.42 Å². The Morgan fingerprint density at radius 1 is 0.786 bits per heavy atom. The number of hydrogen-bond acceptors (Lipinski definition) is 2. The van der Waals surface area contributed by atoms with Crippen molar-refractivity contribution in [3.63, 3.8) is 0 Å². The third-order valence-corrected chi connectivity index (χ3v) is 5.29. The molecule has 0 saturated carbocycles. The first kappa shape index (κ1) is 20.6. The summed E-state index contributed by atoms with van der Waals surface area (Å²) < 4.78 is 5.82. The molecule has 3 rings (SSSR count). The van der Waals surface area contributed by atoms with Gasteiger partial charge in [-0.1, -0.05) is 72.8 Å². The van der Waals surface area contributed by atoms with Crippen molar-refractivity contribution in [1.29, 1.82) is 0 Å². The SMILES string of the molecule is CSCCOc1ccc(/C(=C(/CCCl)c2ccccc2)c2ccccc2)cc1. The van der Waals surface area contributed by atoms with Crippen molar-refractivity contribution in [1.82, 2.24) is 0 Å². The highest BCUT2D eigenvalue weighted by Gasteiger charge is 2.14. The maximum absolute atomic E-state index is 6.21. The number of alkyl halides is 1. The third kappa shape index (κ3) is 5.43. The van der Waals surface area contributed by atoms with E-state index in [0.29, 0.717) is 5.88 Å². The van der Waals surface area contributed by atoms with Gasteiger partial charge in [0.15, 0.2) is 0 Å². The Morgan fingerprint density at radius 2 is 1.36 bits per heavy atom. The Bertz CT molecular complexity index is 873. The highest BCUT2D eigenvalue weighted by molar-refractivity contribution is 7.98. The van der Waals surface area contributed by atoms with Crippen molar-refractivity contribution in [2.24, 2.45) is 0 Å². The molecule has 3 aromatic rings. The molecule has 0 aromatic heterocycles. The van der Waals surface area contributed by atoms with E-state index in [0.717, 1.165) is 24.5 Å². The standard InChI is InChI=1S/C25H25ClOS/c1-28-19-18-27-23-14-12-22(13-15-23)25(21-10-6-3-7-11-21)24(16-17-26)20-8-4-2-5-9-20/h2-15H,16-19H2,1H3/b25-24-. The summed E-state index contributed by atoms with van der Waals surface area (Å²) in [6.07, 6.45) is 2.90. The second-order valence-electron chi connectivity index (χ2n) is 6.39. The zero-order valence-corrected chi connectivity index (χ0v) is 17.7. The summed E-state index contributed by atoms with van der Waals surface area (Å²) in [7, 11) is 0. The van der Waals surface area contributed by atoms with Gasteiger partial charge in [-0.25, -0.2) is 0 Å². The van der Waals surface area contributed by atoms with Crippen molar-refractivity contribution >= 4 is 34.5 Å². The summed E-state index contributed by atoms with van der Waals surface area (Å²) in [4.78, 5) is 0. The Hall–Kier alpha value is -2.16. The molecule has 0 bridgehead atoms. The maximum atomic E-state index is 6.21. The van der Waals surface area contributed by atoms with E-state index in [-0.39, 0.29) is 0 Å². The number of thioether (sulfide) groups is 1. The number of rotatable bonds is 9. The summed E-state index contributed by atoms with van der Waals surface area (Å²) in [6, 6.07) is 29.5. The lowest BCUT2D eigenvalue weighted by Crippen LogP contribution is -2.00. The fraction of sp³-hybridized carbons (Fsp3) is 0.200. The van der Waals surface area contributed by atoms with Gasteiger partial charge in [-0.3, -0.25) is 0 Å². The quantitative estimate of drug-likeness (QED) is 0.214. The van der Waals surface area contributed by atoms with Gasteiger partial charge in [0.05, 0.1) is 6.61 Å². The number of halogens is 1. The molecule has 1 nitrogen and oxygen atoms in total.